The molecule has 0 heterocycles. The summed E-state index contributed by atoms with van der Waals surface area (Å²) in [5, 5.41) is 0.842. The molecule has 0 saturated carbocycles. The number of benzene rings is 3. The Hall–Kier alpha value is -1.76. The molecule has 0 aromatic heterocycles. The van der Waals surface area contributed by atoms with E-state index < -0.39 is 0 Å². The Balaban J connectivity index is 1.89. The summed E-state index contributed by atoms with van der Waals surface area (Å²) in [6.07, 6.45) is 0. The molecule has 0 aliphatic heterocycles. The zero-order valence-corrected chi connectivity index (χ0v) is 17.6. The second-order valence-electron chi connectivity index (χ2n) is 8.83. The normalized spacial score (nSPS) is 17.3. The summed E-state index contributed by atoms with van der Waals surface area (Å²) in [5.41, 5.74) is 11.7. The van der Waals surface area contributed by atoms with Crippen LogP contribution in [0.4, 0.5) is 0 Å². The van der Waals surface area contributed by atoms with Crippen LogP contribution < -0.4 is 0 Å². The molecule has 0 spiro atoms. The Kier molecular flexibility index (Phi) is 3.47. The van der Waals surface area contributed by atoms with Crippen molar-refractivity contribution in [1.29, 1.82) is 0 Å². The summed E-state index contributed by atoms with van der Waals surface area (Å²) in [4.78, 5) is 0. The van der Waals surface area contributed by atoms with E-state index in [4.69, 9.17) is 23.2 Å². The molecule has 5 rings (SSSR count). The van der Waals surface area contributed by atoms with Crippen LogP contribution in [0.2, 0.25) is 5.02 Å². The second-order valence-corrected chi connectivity index (χ2v) is 9.50. The summed E-state index contributed by atoms with van der Waals surface area (Å²) >= 11 is 13.0. The van der Waals surface area contributed by atoms with Crippen molar-refractivity contribution in [3.05, 3.63) is 81.4 Å². The van der Waals surface area contributed by atoms with Gasteiger partial charge < -0.3 is 0 Å². The Morgan fingerprint density at radius 1 is 0.704 bits per heavy atom. The van der Waals surface area contributed by atoms with Gasteiger partial charge in [-0.15, -0.1) is 11.6 Å². The molecule has 0 amide bonds. The van der Waals surface area contributed by atoms with Crippen LogP contribution in [0.25, 0.3) is 22.3 Å². The van der Waals surface area contributed by atoms with Crippen molar-refractivity contribution in [2.75, 3.05) is 0 Å². The van der Waals surface area contributed by atoms with Gasteiger partial charge >= 0.3 is 0 Å². The van der Waals surface area contributed by atoms with Gasteiger partial charge in [-0.25, -0.2) is 0 Å². The molecular weight excluding hydrogens is 371 g/mol. The maximum absolute atomic E-state index is 6.67. The molecule has 27 heavy (non-hydrogen) atoms. The van der Waals surface area contributed by atoms with Gasteiger partial charge in [0.1, 0.15) is 0 Å². The van der Waals surface area contributed by atoms with Gasteiger partial charge in [0.25, 0.3) is 0 Å². The number of alkyl halides is 1. The van der Waals surface area contributed by atoms with Gasteiger partial charge in [0, 0.05) is 27.3 Å². The maximum atomic E-state index is 6.67. The maximum Gasteiger partial charge on any atom is 0.0487 e. The highest BCUT2D eigenvalue weighted by atomic mass is 35.5. The number of hydrogen-bond acceptors (Lipinski definition) is 0. The van der Waals surface area contributed by atoms with Crippen LogP contribution >= 0.6 is 23.2 Å². The van der Waals surface area contributed by atoms with E-state index in [-0.39, 0.29) is 10.8 Å². The summed E-state index contributed by atoms with van der Waals surface area (Å²) in [6, 6.07) is 17.6. The van der Waals surface area contributed by atoms with E-state index in [9.17, 15) is 0 Å². The molecule has 0 nitrogen and oxygen atoms in total. The zero-order valence-electron chi connectivity index (χ0n) is 16.1. The zero-order chi connectivity index (χ0) is 19.1. The molecule has 0 unspecified atom stereocenters. The lowest BCUT2D eigenvalue weighted by Gasteiger charge is -2.24. The smallest absolute Gasteiger partial charge is 0.0487 e. The fraction of sp³-hybridized carbons (Fsp3) is 0.280. The first-order valence-corrected chi connectivity index (χ1v) is 10.4. The number of fused-ring (bicyclic) bond motifs is 6. The summed E-state index contributed by atoms with van der Waals surface area (Å²) in [7, 11) is 0. The molecule has 136 valence electrons. The van der Waals surface area contributed by atoms with Crippen LogP contribution in [0.15, 0.2) is 48.5 Å². The lowest BCUT2D eigenvalue weighted by Crippen LogP contribution is -2.16. The van der Waals surface area contributed by atoms with Gasteiger partial charge in [-0.1, -0.05) is 69.6 Å². The first-order valence-electron chi connectivity index (χ1n) is 9.45. The standard InChI is InChI=1S/C25H22Cl2/c1-24(2)17-8-5-7-14(13-26)22(17)15-11-20-16(12-19(15)24)23-18(25(20,3)4)9-6-10-21(23)27/h5-12H,13H2,1-4H3. The van der Waals surface area contributed by atoms with Crippen molar-refractivity contribution in [3.63, 3.8) is 0 Å². The lowest BCUT2D eigenvalue weighted by molar-refractivity contribution is 0.652. The van der Waals surface area contributed by atoms with Crippen molar-refractivity contribution in [1.82, 2.24) is 0 Å². The minimum absolute atomic E-state index is 0.0457. The molecule has 3 aromatic carbocycles. The van der Waals surface area contributed by atoms with Crippen molar-refractivity contribution in [3.8, 4) is 22.3 Å². The molecule has 0 fully saturated rings. The van der Waals surface area contributed by atoms with Crippen molar-refractivity contribution < 1.29 is 0 Å². The van der Waals surface area contributed by atoms with Crippen LogP contribution in [0.5, 0.6) is 0 Å². The third-order valence-electron chi connectivity index (χ3n) is 6.70. The minimum atomic E-state index is -0.0621. The third-order valence-corrected chi connectivity index (χ3v) is 7.30. The lowest BCUT2D eigenvalue weighted by atomic mass is 9.79. The minimum Gasteiger partial charge on any atom is -0.122 e. The number of halogens is 2. The fourth-order valence-electron chi connectivity index (χ4n) is 5.21. The molecule has 0 atom stereocenters. The highest BCUT2D eigenvalue weighted by Gasteiger charge is 2.42. The summed E-state index contributed by atoms with van der Waals surface area (Å²) < 4.78 is 0. The number of rotatable bonds is 1. The van der Waals surface area contributed by atoms with E-state index in [1.165, 1.54) is 50.1 Å². The van der Waals surface area contributed by atoms with Gasteiger partial charge in [0.05, 0.1) is 0 Å². The fourth-order valence-corrected chi connectivity index (χ4v) is 5.71. The van der Waals surface area contributed by atoms with Crippen molar-refractivity contribution in [2.45, 2.75) is 44.4 Å². The first-order chi connectivity index (χ1) is 12.8. The van der Waals surface area contributed by atoms with Crippen LogP contribution in [-0.4, -0.2) is 0 Å². The SMILES string of the molecule is CC1(C)c2cc3c(cc2-c2c(Cl)cccc21)C(C)(C)c1cccc(CCl)c1-3. The summed E-state index contributed by atoms with van der Waals surface area (Å²) in [5.74, 6) is 0.533. The largest absolute Gasteiger partial charge is 0.122 e. The predicted molar refractivity (Wildman–Crippen MR) is 116 cm³/mol. The second kappa shape index (κ2) is 5.40. The molecule has 3 aromatic rings. The molecule has 0 radical (unpaired) electrons. The topological polar surface area (TPSA) is 0 Å². The highest BCUT2D eigenvalue weighted by Crippen LogP contribution is 2.57. The molecule has 2 aliphatic rings. The van der Waals surface area contributed by atoms with Crippen LogP contribution in [0.3, 0.4) is 0 Å². The van der Waals surface area contributed by atoms with E-state index in [1.54, 1.807) is 0 Å². The van der Waals surface area contributed by atoms with Crippen molar-refractivity contribution >= 4 is 23.2 Å². The highest BCUT2D eigenvalue weighted by molar-refractivity contribution is 6.34. The van der Waals surface area contributed by atoms with Crippen LogP contribution in [-0.2, 0) is 16.7 Å². The van der Waals surface area contributed by atoms with Gasteiger partial charge in [0.2, 0.25) is 0 Å². The average molecular weight is 393 g/mol. The molecule has 0 bridgehead atoms. The Morgan fingerprint density at radius 3 is 1.81 bits per heavy atom. The average Bonchev–Trinajstić information content (AvgIpc) is 3.01. The first kappa shape index (κ1) is 17.3. The van der Waals surface area contributed by atoms with E-state index in [0.29, 0.717) is 5.88 Å². The predicted octanol–water partition coefficient (Wildman–Crippen LogP) is 7.69. The molecule has 0 saturated heterocycles. The van der Waals surface area contributed by atoms with E-state index >= 15 is 0 Å². The molecule has 0 N–H and O–H groups in total. The molecular formula is C25H22Cl2. The Morgan fingerprint density at radius 2 is 1.22 bits per heavy atom. The Bertz CT molecular complexity index is 1120. The van der Waals surface area contributed by atoms with Gasteiger partial charge in [-0.05, 0) is 62.7 Å². The third kappa shape index (κ3) is 2.06. The van der Waals surface area contributed by atoms with E-state index in [1.807, 2.05) is 6.07 Å². The quantitative estimate of drug-likeness (QED) is 0.372. The molecule has 2 heteroatoms. The monoisotopic (exact) mass is 392 g/mol. The molecule has 2 aliphatic carbocycles. The van der Waals surface area contributed by atoms with Gasteiger partial charge in [-0.2, -0.15) is 0 Å². The van der Waals surface area contributed by atoms with Crippen LogP contribution in [0.1, 0.15) is 55.5 Å². The van der Waals surface area contributed by atoms with Crippen molar-refractivity contribution in [2.24, 2.45) is 0 Å². The Labute approximate surface area is 171 Å². The van der Waals surface area contributed by atoms with Gasteiger partial charge in [-0.3, -0.25) is 0 Å². The van der Waals surface area contributed by atoms with Crippen LogP contribution in [0, 0.1) is 0 Å². The summed E-state index contributed by atoms with van der Waals surface area (Å²) in [6.45, 7) is 9.23. The van der Waals surface area contributed by atoms with E-state index in [2.05, 4.69) is 70.2 Å². The van der Waals surface area contributed by atoms with E-state index in [0.717, 1.165) is 5.02 Å². The number of hydrogen-bond donors (Lipinski definition) is 0. The van der Waals surface area contributed by atoms with Gasteiger partial charge in [0.15, 0.2) is 0 Å².